The Morgan fingerprint density at radius 1 is 1.04 bits per heavy atom. The molecule has 128 valence electrons. The van der Waals surface area contributed by atoms with Gasteiger partial charge in [0, 0.05) is 0 Å². The van der Waals surface area contributed by atoms with Crippen LogP contribution in [0.2, 0.25) is 0 Å². The Morgan fingerprint density at radius 2 is 1.75 bits per heavy atom. The molecule has 2 rings (SSSR count). The van der Waals surface area contributed by atoms with Crippen molar-refractivity contribution in [2.24, 2.45) is 0 Å². The van der Waals surface area contributed by atoms with Crippen LogP contribution in [-0.4, -0.2) is 19.1 Å². The summed E-state index contributed by atoms with van der Waals surface area (Å²) in [5.74, 6) is 1.49. The number of carbonyl (C=O) groups excluding carboxylic acids is 1. The summed E-state index contributed by atoms with van der Waals surface area (Å²) >= 11 is 0. The molecule has 1 atom stereocenters. The fourth-order valence-corrected chi connectivity index (χ4v) is 2.45. The Hall–Kier alpha value is -2.49. The van der Waals surface area contributed by atoms with Gasteiger partial charge in [0.15, 0.2) is 6.10 Å². The number of anilines is 1. The summed E-state index contributed by atoms with van der Waals surface area (Å²) in [6.07, 6.45) is -0.616. The largest absolute Gasteiger partial charge is 0.495 e. The minimum Gasteiger partial charge on any atom is -0.495 e. The quantitative estimate of drug-likeness (QED) is 0.848. The van der Waals surface area contributed by atoms with Crippen LogP contribution in [0.3, 0.4) is 0 Å². The molecular weight excluding hydrogens is 302 g/mol. The first-order valence-corrected chi connectivity index (χ1v) is 8.13. The van der Waals surface area contributed by atoms with E-state index in [1.54, 1.807) is 26.2 Å². The Balaban J connectivity index is 2.13. The predicted molar refractivity (Wildman–Crippen MR) is 97.0 cm³/mol. The van der Waals surface area contributed by atoms with E-state index in [0.717, 1.165) is 16.9 Å². The maximum absolute atomic E-state index is 12.5. The first-order valence-electron chi connectivity index (χ1n) is 8.13. The highest BCUT2D eigenvalue weighted by Crippen LogP contribution is 2.29. The van der Waals surface area contributed by atoms with Crippen molar-refractivity contribution in [2.75, 3.05) is 12.4 Å². The SMILES string of the molecule is COc1ccccc1NC(=O)[C@@H](C)Oc1cc(C)ccc1C(C)C. The number of para-hydroxylation sites is 2. The van der Waals surface area contributed by atoms with Crippen LogP contribution in [0.5, 0.6) is 11.5 Å². The number of methoxy groups -OCH3 is 1. The van der Waals surface area contributed by atoms with Crippen LogP contribution < -0.4 is 14.8 Å². The number of amides is 1. The summed E-state index contributed by atoms with van der Waals surface area (Å²) in [6.45, 7) is 7.97. The molecule has 0 aliphatic rings. The van der Waals surface area contributed by atoms with E-state index < -0.39 is 6.10 Å². The lowest BCUT2D eigenvalue weighted by Crippen LogP contribution is -2.30. The van der Waals surface area contributed by atoms with Crippen LogP contribution in [-0.2, 0) is 4.79 Å². The molecule has 0 radical (unpaired) electrons. The van der Waals surface area contributed by atoms with E-state index in [0.29, 0.717) is 17.4 Å². The maximum Gasteiger partial charge on any atom is 0.265 e. The second kappa shape index (κ2) is 7.86. The molecule has 0 aliphatic carbocycles. The summed E-state index contributed by atoms with van der Waals surface area (Å²) in [4.78, 5) is 12.5. The van der Waals surface area contributed by atoms with Crippen molar-refractivity contribution in [3.63, 3.8) is 0 Å². The van der Waals surface area contributed by atoms with E-state index in [1.807, 2.05) is 25.1 Å². The first-order chi connectivity index (χ1) is 11.4. The van der Waals surface area contributed by atoms with Crippen LogP contribution in [0, 0.1) is 6.92 Å². The average Bonchev–Trinajstić information content (AvgIpc) is 2.55. The Morgan fingerprint density at radius 3 is 2.42 bits per heavy atom. The molecule has 0 spiro atoms. The van der Waals surface area contributed by atoms with Crippen molar-refractivity contribution in [2.45, 2.75) is 39.7 Å². The molecule has 1 N–H and O–H groups in total. The molecule has 2 aromatic rings. The monoisotopic (exact) mass is 327 g/mol. The molecular formula is C20H25NO3. The third kappa shape index (κ3) is 4.28. The number of rotatable bonds is 6. The van der Waals surface area contributed by atoms with Crippen LogP contribution in [0.15, 0.2) is 42.5 Å². The van der Waals surface area contributed by atoms with E-state index in [4.69, 9.17) is 9.47 Å². The van der Waals surface area contributed by atoms with Crippen molar-refractivity contribution >= 4 is 11.6 Å². The van der Waals surface area contributed by atoms with Gasteiger partial charge in [0.25, 0.3) is 5.91 Å². The topological polar surface area (TPSA) is 47.6 Å². The summed E-state index contributed by atoms with van der Waals surface area (Å²) in [7, 11) is 1.58. The fraction of sp³-hybridized carbons (Fsp3) is 0.350. The zero-order valence-electron chi connectivity index (χ0n) is 14.9. The highest BCUT2D eigenvalue weighted by Gasteiger charge is 2.19. The number of aryl methyl sites for hydroxylation is 1. The molecule has 0 fully saturated rings. The van der Waals surface area contributed by atoms with E-state index >= 15 is 0 Å². The van der Waals surface area contributed by atoms with Crippen molar-refractivity contribution in [1.82, 2.24) is 0 Å². The Labute approximate surface area is 143 Å². The Kier molecular flexibility index (Phi) is 5.85. The maximum atomic E-state index is 12.5. The zero-order valence-corrected chi connectivity index (χ0v) is 14.9. The number of ether oxygens (including phenoxy) is 2. The summed E-state index contributed by atoms with van der Waals surface area (Å²) in [5.41, 5.74) is 2.83. The molecule has 0 bridgehead atoms. The van der Waals surface area contributed by atoms with Gasteiger partial charge in [-0.05, 0) is 49.1 Å². The molecule has 2 aromatic carbocycles. The summed E-state index contributed by atoms with van der Waals surface area (Å²) in [6, 6.07) is 13.4. The lowest BCUT2D eigenvalue weighted by atomic mass is 10.0. The van der Waals surface area contributed by atoms with Gasteiger partial charge >= 0.3 is 0 Å². The third-order valence-electron chi connectivity index (χ3n) is 3.83. The van der Waals surface area contributed by atoms with Gasteiger partial charge in [-0.25, -0.2) is 0 Å². The highest BCUT2D eigenvalue weighted by molar-refractivity contribution is 5.95. The van der Waals surface area contributed by atoms with Crippen LogP contribution in [0.25, 0.3) is 0 Å². The van der Waals surface area contributed by atoms with Gasteiger partial charge < -0.3 is 14.8 Å². The lowest BCUT2D eigenvalue weighted by Gasteiger charge is -2.20. The standard InChI is InChI=1S/C20H25NO3/c1-13(2)16-11-10-14(3)12-19(16)24-15(4)20(22)21-17-8-6-7-9-18(17)23-5/h6-13,15H,1-5H3,(H,21,22)/t15-/m1/s1. The highest BCUT2D eigenvalue weighted by atomic mass is 16.5. The van der Waals surface area contributed by atoms with Crippen molar-refractivity contribution in [3.05, 3.63) is 53.6 Å². The number of nitrogens with one attached hydrogen (secondary N) is 1. The van der Waals surface area contributed by atoms with Crippen LogP contribution >= 0.6 is 0 Å². The summed E-state index contributed by atoms with van der Waals surface area (Å²) in [5, 5.41) is 2.86. The van der Waals surface area contributed by atoms with E-state index in [9.17, 15) is 4.79 Å². The molecule has 4 nitrogen and oxygen atoms in total. The normalized spacial score (nSPS) is 11.9. The number of benzene rings is 2. The molecule has 0 saturated heterocycles. The van der Waals surface area contributed by atoms with Gasteiger partial charge in [-0.2, -0.15) is 0 Å². The minimum absolute atomic E-state index is 0.212. The van der Waals surface area contributed by atoms with Crippen LogP contribution in [0.1, 0.15) is 37.8 Å². The van der Waals surface area contributed by atoms with Crippen molar-refractivity contribution in [1.29, 1.82) is 0 Å². The molecule has 0 heterocycles. The van der Waals surface area contributed by atoms with Crippen LogP contribution in [0.4, 0.5) is 5.69 Å². The number of hydrogen-bond donors (Lipinski definition) is 1. The van der Waals surface area contributed by atoms with Gasteiger partial charge in [0.2, 0.25) is 0 Å². The van der Waals surface area contributed by atoms with Gasteiger partial charge in [-0.1, -0.05) is 38.1 Å². The predicted octanol–water partition coefficient (Wildman–Crippen LogP) is 4.53. The zero-order chi connectivity index (χ0) is 17.7. The van der Waals surface area contributed by atoms with Gasteiger partial charge in [-0.15, -0.1) is 0 Å². The number of carbonyl (C=O) groups is 1. The van der Waals surface area contributed by atoms with Crippen molar-refractivity contribution in [3.8, 4) is 11.5 Å². The molecule has 4 heteroatoms. The molecule has 0 saturated carbocycles. The van der Waals surface area contributed by atoms with Gasteiger partial charge in [0.05, 0.1) is 12.8 Å². The molecule has 0 aliphatic heterocycles. The molecule has 0 unspecified atom stereocenters. The molecule has 0 aromatic heterocycles. The van der Waals surface area contributed by atoms with E-state index in [2.05, 4.69) is 31.3 Å². The fourth-order valence-electron chi connectivity index (χ4n) is 2.45. The second-order valence-electron chi connectivity index (χ2n) is 6.15. The number of hydrogen-bond acceptors (Lipinski definition) is 3. The van der Waals surface area contributed by atoms with Gasteiger partial charge in [0.1, 0.15) is 11.5 Å². The third-order valence-corrected chi connectivity index (χ3v) is 3.83. The van der Waals surface area contributed by atoms with E-state index in [-0.39, 0.29) is 5.91 Å². The van der Waals surface area contributed by atoms with Crippen molar-refractivity contribution < 1.29 is 14.3 Å². The summed E-state index contributed by atoms with van der Waals surface area (Å²) < 4.78 is 11.2. The Bertz CT molecular complexity index is 710. The van der Waals surface area contributed by atoms with Gasteiger partial charge in [-0.3, -0.25) is 4.79 Å². The average molecular weight is 327 g/mol. The smallest absolute Gasteiger partial charge is 0.265 e. The first kappa shape index (κ1) is 17.9. The lowest BCUT2D eigenvalue weighted by molar-refractivity contribution is -0.122. The molecule has 1 amide bonds. The minimum atomic E-state index is -0.616. The van der Waals surface area contributed by atoms with E-state index in [1.165, 1.54) is 0 Å². The second-order valence-corrected chi connectivity index (χ2v) is 6.15. The molecule has 24 heavy (non-hydrogen) atoms.